The first-order chi connectivity index (χ1) is 13.2. The molecule has 0 saturated heterocycles. The molecule has 0 bridgehead atoms. The molecule has 2 aromatic heterocycles. The van der Waals surface area contributed by atoms with Crippen molar-refractivity contribution in [1.29, 1.82) is 0 Å². The smallest absolute Gasteiger partial charge is 0.271 e. The lowest BCUT2D eigenvalue weighted by atomic mass is 9.98. The Morgan fingerprint density at radius 2 is 1.78 bits per heavy atom. The van der Waals surface area contributed by atoms with Crippen molar-refractivity contribution in [3.05, 3.63) is 105 Å². The van der Waals surface area contributed by atoms with E-state index in [1.54, 1.807) is 11.6 Å². The van der Waals surface area contributed by atoms with Crippen LogP contribution in [0.15, 0.2) is 83.2 Å². The second-order valence-electron chi connectivity index (χ2n) is 6.16. The van der Waals surface area contributed by atoms with E-state index in [1.807, 2.05) is 60.7 Å². The standard InChI is InChI=1S/C21H17N3O2S/c25-19(17-14-22-21-24(20(17)26)11-12-27-21)23-18(16-9-5-2-6-10-16)13-15-7-3-1-4-8-15/h1-12,14,18H,13H2,(H,23,25)/t18-/m0/s1. The molecule has 0 aliphatic carbocycles. The second kappa shape index (κ2) is 7.55. The van der Waals surface area contributed by atoms with Gasteiger partial charge in [-0.3, -0.25) is 14.0 Å². The molecule has 4 rings (SSSR count). The molecule has 0 aliphatic heterocycles. The molecule has 0 unspecified atom stereocenters. The molecular formula is C21H17N3O2S. The molecule has 4 aromatic rings. The molecule has 0 spiro atoms. The molecule has 1 N–H and O–H groups in total. The first kappa shape index (κ1) is 17.2. The van der Waals surface area contributed by atoms with Gasteiger partial charge in [-0.15, -0.1) is 11.3 Å². The number of hydrogen-bond donors (Lipinski definition) is 1. The normalized spacial score (nSPS) is 12.0. The molecule has 0 fully saturated rings. The van der Waals surface area contributed by atoms with Crippen LogP contribution in [0.5, 0.6) is 0 Å². The number of hydrogen-bond acceptors (Lipinski definition) is 4. The number of thiazole rings is 1. The minimum Gasteiger partial charge on any atom is -0.345 e. The molecular weight excluding hydrogens is 358 g/mol. The van der Waals surface area contributed by atoms with Crippen LogP contribution < -0.4 is 10.9 Å². The summed E-state index contributed by atoms with van der Waals surface area (Å²) in [6.45, 7) is 0. The first-order valence-electron chi connectivity index (χ1n) is 8.57. The number of benzene rings is 2. The lowest BCUT2D eigenvalue weighted by molar-refractivity contribution is 0.0934. The highest BCUT2D eigenvalue weighted by atomic mass is 32.1. The molecule has 1 amide bonds. The summed E-state index contributed by atoms with van der Waals surface area (Å²) in [6, 6.07) is 19.5. The highest BCUT2D eigenvalue weighted by Crippen LogP contribution is 2.19. The summed E-state index contributed by atoms with van der Waals surface area (Å²) in [5, 5.41) is 4.78. The van der Waals surface area contributed by atoms with Gasteiger partial charge in [0.15, 0.2) is 4.96 Å². The Morgan fingerprint density at radius 3 is 2.52 bits per heavy atom. The average Bonchev–Trinajstić information content (AvgIpc) is 3.19. The van der Waals surface area contributed by atoms with Gasteiger partial charge >= 0.3 is 0 Å². The predicted octanol–water partition coefficient (Wildman–Crippen LogP) is 3.47. The van der Waals surface area contributed by atoms with Crippen LogP contribution in [0.1, 0.15) is 27.5 Å². The Labute approximate surface area is 160 Å². The number of aromatic nitrogens is 2. The van der Waals surface area contributed by atoms with E-state index < -0.39 is 5.91 Å². The number of fused-ring (bicyclic) bond motifs is 1. The highest BCUT2D eigenvalue weighted by molar-refractivity contribution is 7.15. The zero-order chi connectivity index (χ0) is 18.6. The van der Waals surface area contributed by atoms with Crippen molar-refractivity contribution in [2.24, 2.45) is 0 Å². The summed E-state index contributed by atoms with van der Waals surface area (Å²) in [4.78, 5) is 30.2. The molecule has 0 aliphatic rings. The highest BCUT2D eigenvalue weighted by Gasteiger charge is 2.19. The van der Waals surface area contributed by atoms with Gasteiger partial charge in [-0.05, 0) is 17.5 Å². The maximum absolute atomic E-state index is 12.8. The summed E-state index contributed by atoms with van der Waals surface area (Å²) < 4.78 is 1.40. The van der Waals surface area contributed by atoms with Gasteiger partial charge in [0.25, 0.3) is 11.5 Å². The quantitative estimate of drug-likeness (QED) is 0.581. The van der Waals surface area contributed by atoms with E-state index in [9.17, 15) is 9.59 Å². The Morgan fingerprint density at radius 1 is 1.07 bits per heavy atom. The number of carbonyl (C=O) groups is 1. The maximum atomic E-state index is 12.8. The van der Waals surface area contributed by atoms with Crippen molar-refractivity contribution in [2.45, 2.75) is 12.5 Å². The van der Waals surface area contributed by atoms with Crippen LogP contribution in [0.2, 0.25) is 0 Å². The van der Waals surface area contributed by atoms with E-state index in [0.717, 1.165) is 11.1 Å². The zero-order valence-electron chi connectivity index (χ0n) is 14.4. The summed E-state index contributed by atoms with van der Waals surface area (Å²) in [7, 11) is 0. The van der Waals surface area contributed by atoms with Gasteiger partial charge in [0.05, 0.1) is 6.04 Å². The SMILES string of the molecule is O=C(N[C@@H](Cc1ccccc1)c1ccccc1)c1cnc2sccn2c1=O. The summed E-state index contributed by atoms with van der Waals surface area (Å²) in [6.07, 6.45) is 3.62. The van der Waals surface area contributed by atoms with E-state index >= 15 is 0 Å². The van der Waals surface area contributed by atoms with Gasteiger partial charge in [0.2, 0.25) is 0 Å². The minimum absolute atomic E-state index is 0.0416. The number of nitrogens with one attached hydrogen (secondary N) is 1. The summed E-state index contributed by atoms with van der Waals surface area (Å²) in [5.74, 6) is -0.419. The van der Waals surface area contributed by atoms with Crippen LogP contribution in [0.25, 0.3) is 4.96 Å². The molecule has 27 heavy (non-hydrogen) atoms. The van der Waals surface area contributed by atoms with E-state index in [-0.39, 0.29) is 17.2 Å². The molecule has 0 radical (unpaired) electrons. The number of amides is 1. The molecule has 134 valence electrons. The van der Waals surface area contributed by atoms with Crippen LogP contribution >= 0.6 is 11.3 Å². The third-order valence-electron chi connectivity index (χ3n) is 4.38. The van der Waals surface area contributed by atoms with E-state index in [0.29, 0.717) is 11.4 Å². The van der Waals surface area contributed by atoms with Gasteiger partial charge in [-0.25, -0.2) is 4.98 Å². The fourth-order valence-corrected chi connectivity index (χ4v) is 3.68. The monoisotopic (exact) mass is 375 g/mol. The molecule has 0 saturated carbocycles. The van der Waals surface area contributed by atoms with Gasteiger partial charge < -0.3 is 5.32 Å². The number of nitrogens with zero attached hydrogens (tertiary/aromatic N) is 2. The Balaban J connectivity index is 1.65. The number of carbonyl (C=O) groups excluding carboxylic acids is 1. The van der Waals surface area contributed by atoms with Crippen LogP contribution in [0, 0.1) is 0 Å². The van der Waals surface area contributed by atoms with E-state index in [4.69, 9.17) is 0 Å². The third-order valence-corrected chi connectivity index (χ3v) is 5.15. The first-order valence-corrected chi connectivity index (χ1v) is 9.45. The Hall–Kier alpha value is -3.25. The van der Waals surface area contributed by atoms with Crippen LogP contribution in [0.4, 0.5) is 0 Å². The molecule has 2 heterocycles. The molecule has 5 nitrogen and oxygen atoms in total. The van der Waals surface area contributed by atoms with Gasteiger partial charge in [-0.1, -0.05) is 60.7 Å². The minimum atomic E-state index is -0.419. The van der Waals surface area contributed by atoms with Crippen LogP contribution in [-0.2, 0) is 6.42 Å². The fraction of sp³-hybridized carbons (Fsp3) is 0.0952. The third kappa shape index (κ3) is 3.66. The molecule has 6 heteroatoms. The van der Waals surface area contributed by atoms with E-state index in [2.05, 4.69) is 10.3 Å². The van der Waals surface area contributed by atoms with E-state index in [1.165, 1.54) is 21.9 Å². The second-order valence-corrected chi connectivity index (χ2v) is 7.03. The van der Waals surface area contributed by atoms with Gasteiger partial charge in [0, 0.05) is 17.8 Å². The van der Waals surface area contributed by atoms with Gasteiger partial charge in [0.1, 0.15) is 5.56 Å². The largest absolute Gasteiger partial charge is 0.345 e. The van der Waals surface area contributed by atoms with Gasteiger partial charge in [-0.2, -0.15) is 0 Å². The van der Waals surface area contributed by atoms with Crippen molar-refractivity contribution < 1.29 is 4.79 Å². The van der Waals surface area contributed by atoms with Crippen LogP contribution in [0.3, 0.4) is 0 Å². The Kier molecular flexibility index (Phi) is 4.80. The average molecular weight is 375 g/mol. The summed E-state index contributed by atoms with van der Waals surface area (Å²) >= 11 is 1.35. The van der Waals surface area contributed by atoms with Crippen molar-refractivity contribution in [1.82, 2.24) is 14.7 Å². The van der Waals surface area contributed by atoms with Crippen molar-refractivity contribution in [2.75, 3.05) is 0 Å². The zero-order valence-corrected chi connectivity index (χ0v) is 15.2. The maximum Gasteiger partial charge on any atom is 0.271 e. The van der Waals surface area contributed by atoms with Crippen molar-refractivity contribution in [3.63, 3.8) is 0 Å². The Bertz CT molecular complexity index is 1120. The number of rotatable bonds is 5. The lowest BCUT2D eigenvalue weighted by Gasteiger charge is -2.19. The topological polar surface area (TPSA) is 63.5 Å². The molecule has 2 aromatic carbocycles. The lowest BCUT2D eigenvalue weighted by Crippen LogP contribution is -2.34. The predicted molar refractivity (Wildman–Crippen MR) is 106 cm³/mol. The van der Waals surface area contributed by atoms with Crippen molar-refractivity contribution in [3.8, 4) is 0 Å². The van der Waals surface area contributed by atoms with Crippen LogP contribution in [-0.4, -0.2) is 15.3 Å². The summed E-state index contributed by atoms with van der Waals surface area (Å²) in [5.41, 5.74) is 1.78. The molecule has 1 atom stereocenters. The fourth-order valence-electron chi connectivity index (χ4n) is 3.00. The van der Waals surface area contributed by atoms with Crippen molar-refractivity contribution >= 4 is 22.2 Å².